The SMILES string of the molecule is C=C(C(O)C1CC(F)(F)C1)C(F)(F)F. The average Bonchev–Trinajstić information content (AvgIpc) is 1.95. The van der Waals surface area contributed by atoms with Crippen molar-refractivity contribution in [3.63, 3.8) is 0 Å². The quantitative estimate of drug-likeness (QED) is 0.555. The summed E-state index contributed by atoms with van der Waals surface area (Å²) >= 11 is 0. The molecule has 1 aliphatic carbocycles. The third kappa shape index (κ3) is 2.23. The van der Waals surface area contributed by atoms with Gasteiger partial charge in [0.05, 0.1) is 11.7 Å². The summed E-state index contributed by atoms with van der Waals surface area (Å²) in [5.41, 5.74) is -1.35. The van der Waals surface area contributed by atoms with Gasteiger partial charge in [-0.25, -0.2) is 8.78 Å². The van der Waals surface area contributed by atoms with Gasteiger partial charge in [-0.3, -0.25) is 0 Å². The molecule has 1 atom stereocenters. The van der Waals surface area contributed by atoms with E-state index in [9.17, 15) is 22.0 Å². The van der Waals surface area contributed by atoms with Gasteiger partial charge in [-0.2, -0.15) is 13.2 Å². The molecule has 1 nitrogen and oxygen atoms in total. The molecule has 1 N–H and O–H groups in total. The van der Waals surface area contributed by atoms with Gasteiger partial charge in [-0.05, 0) is 0 Å². The molecule has 14 heavy (non-hydrogen) atoms. The molecule has 0 amide bonds. The Kier molecular flexibility index (Phi) is 2.60. The maximum atomic E-state index is 12.3. The summed E-state index contributed by atoms with van der Waals surface area (Å²) in [6.45, 7) is 2.66. The first-order chi connectivity index (χ1) is 6.13. The Hall–Kier alpha value is -0.650. The third-order valence-electron chi connectivity index (χ3n) is 2.29. The minimum absolute atomic E-state index is 0.705. The van der Waals surface area contributed by atoms with Crippen LogP contribution in [-0.4, -0.2) is 23.3 Å². The van der Waals surface area contributed by atoms with Gasteiger partial charge in [0.25, 0.3) is 0 Å². The Morgan fingerprint density at radius 1 is 1.36 bits per heavy atom. The van der Waals surface area contributed by atoms with Gasteiger partial charge in [0.2, 0.25) is 5.92 Å². The van der Waals surface area contributed by atoms with Crippen LogP contribution in [0, 0.1) is 5.92 Å². The van der Waals surface area contributed by atoms with E-state index in [1.807, 2.05) is 0 Å². The molecule has 0 bridgehead atoms. The van der Waals surface area contributed by atoms with Crippen molar-refractivity contribution >= 4 is 0 Å². The number of alkyl halides is 5. The third-order valence-corrected chi connectivity index (χ3v) is 2.29. The van der Waals surface area contributed by atoms with Crippen LogP contribution < -0.4 is 0 Å². The summed E-state index contributed by atoms with van der Waals surface area (Å²) in [6.07, 6.45) is -8.04. The lowest BCUT2D eigenvalue weighted by molar-refractivity contribution is -0.155. The molecule has 1 unspecified atom stereocenters. The van der Waals surface area contributed by atoms with Crippen LogP contribution in [0.15, 0.2) is 12.2 Å². The molecule has 0 aromatic rings. The lowest BCUT2D eigenvalue weighted by Crippen LogP contribution is -2.44. The summed E-state index contributed by atoms with van der Waals surface area (Å²) in [6, 6.07) is 0. The second-order valence-electron chi connectivity index (χ2n) is 3.49. The topological polar surface area (TPSA) is 20.2 Å². The van der Waals surface area contributed by atoms with Gasteiger partial charge >= 0.3 is 6.18 Å². The molecule has 1 fully saturated rings. The van der Waals surface area contributed by atoms with E-state index in [4.69, 9.17) is 5.11 Å². The zero-order valence-electron chi connectivity index (χ0n) is 7.11. The Morgan fingerprint density at radius 2 is 1.79 bits per heavy atom. The van der Waals surface area contributed by atoms with Gasteiger partial charge in [-0.15, -0.1) is 0 Å². The average molecular weight is 216 g/mol. The number of aliphatic hydroxyl groups excluding tert-OH is 1. The van der Waals surface area contributed by atoms with E-state index in [0.717, 1.165) is 0 Å². The minimum Gasteiger partial charge on any atom is -0.388 e. The Labute approximate surface area is 77.2 Å². The second-order valence-corrected chi connectivity index (χ2v) is 3.49. The first kappa shape index (κ1) is 11.4. The number of hydrogen-bond acceptors (Lipinski definition) is 1. The number of rotatable bonds is 2. The molecule has 1 rings (SSSR count). The largest absolute Gasteiger partial charge is 0.414 e. The van der Waals surface area contributed by atoms with Crippen LogP contribution in [0.2, 0.25) is 0 Å². The highest BCUT2D eigenvalue weighted by Gasteiger charge is 2.51. The van der Waals surface area contributed by atoms with Crippen LogP contribution in [0.4, 0.5) is 22.0 Å². The highest BCUT2D eigenvalue weighted by molar-refractivity contribution is 5.13. The molecule has 82 valence electrons. The maximum Gasteiger partial charge on any atom is 0.414 e. The fourth-order valence-electron chi connectivity index (χ4n) is 1.38. The fourth-order valence-corrected chi connectivity index (χ4v) is 1.38. The van der Waals surface area contributed by atoms with Crippen LogP contribution in [0.1, 0.15) is 12.8 Å². The number of halogens is 5. The molecule has 0 saturated heterocycles. The van der Waals surface area contributed by atoms with Crippen LogP contribution >= 0.6 is 0 Å². The van der Waals surface area contributed by atoms with Crippen molar-refractivity contribution in [2.24, 2.45) is 5.92 Å². The molecule has 1 aliphatic rings. The van der Waals surface area contributed by atoms with Gasteiger partial charge < -0.3 is 5.11 Å². The number of hydrogen-bond donors (Lipinski definition) is 1. The van der Waals surface area contributed by atoms with Crippen molar-refractivity contribution in [3.8, 4) is 0 Å². The molecule has 0 radical (unpaired) electrons. The maximum absolute atomic E-state index is 12.3. The number of aliphatic hydroxyl groups is 1. The van der Waals surface area contributed by atoms with E-state index >= 15 is 0 Å². The summed E-state index contributed by atoms with van der Waals surface area (Å²) in [5, 5.41) is 9.05. The van der Waals surface area contributed by atoms with E-state index in [1.54, 1.807) is 0 Å². The van der Waals surface area contributed by atoms with Crippen molar-refractivity contribution in [2.45, 2.75) is 31.0 Å². The Balaban J connectivity index is 2.52. The van der Waals surface area contributed by atoms with Crippen molar-refractivity contribution in [3.05, 3.63) is 12.2 Å². The van der Waals surface area contributed by atoms with Gasteiger partial charge in [-0.1, -0.05) is 6.58 Å². The van der Waals surface area contributed by atoms with Crippen molar-refractivity contribution < 1.29 is 27.1 Å². The van der Waals surface area contributed by atoms with Gasteiger partial charge in [0, 0.05) is 18.8 Å². The van der Waals surface area contributed by atoms with Crippen LogP contribution in [0.3, 0.4) is 0 Å². The molecular formula is C8H9F5O. The van der Waals surface area contributed by atoms with E-state index in [1.165, 1.54) is 0 Å². The normalized spacial score (nSPS) is 24.1. The summed E-state index contributed by atoms with van der Waals surface area (Å²) in [7, 11) is 0. The molecule has 0 aromatic carbocycles. The van der Waals surface area contributed by atoms with Crippen molar-refractivity contribution in [1.82, 2.24) is 0 Å². The zero-order chi connectivity index (χ0) is 11.1. The summed E-state index contributed by atoms with van der Waals surface area (Å²) < 4.78 is 60.5. The molecule has 6 heteroatoms. The van der Waals surface area contributed by atoms with Gasteiger partial charge in [0.15, 0.2) is 0 Å². The second kappa shape index (κ2) is 3.18. The summed E-state index contributed by atoms with van der Waals surface area (Å²) in [5.74, 6) is -3.96. The van der Waals surface area contributed by atoms with Crippen LogP contribution in [0.25, 0.3) is 0 Å². The predicted molar refractivity (Wildman–Crippen MR) is 38.9 cm³/mol. The van der Waals surface area contributed by atoms with Crippen LogP contribution in [0.5, 0.6) is 0 Å². The first-order valence-electron chi connectivity index (χ1n) is 3.95. The summed E-state index contributed by atoms with van der Waals surface area (Å²) in [4.78, 5) is 0. The minimum atomic E-state index is -4.72. The zero-order valence-corrected chi connectivity index (χ0v) is 7.11. The lowest BCUT2D eigenvalue weighted by Gasteiger charge is -2.38. The lowest BCUT2D eigenvalue weighted by atomic mass is 9.75. The van der Waals surface area contributed by atoms with Crippen molar-refractivity contribution in [2.75, 3.05) is 0 Å². The molecule has 0 aromatic heterocycles. The monoisotopic (exact) mass is 216 g/mol. The molecule has 0 aliphatic heterocycles. The van der Waals surface area contributed by atoms with Crippen molar-refractivity contribution in [1.29, 1.82) is 0 Å². The standard InChI is InChI=1S/C8H9F5O/c1-4(8(11,12)13)6(14)5-2-7(9,10)3-5/h5-6,14H,1-3H2. The Morgan fingerprint density at radius 3 is 2.07 bits per heavy atom. The van der Waals surface area contributed by atoms with E-state index in [-0.39, 0.29) is 0 Å². The highest BCUT2D eigenvalue weighted by Crippen LogP contribution is 2.46. The smallest absolute Gasteiger partial charge is 0.388 e. The van der Waals surface area contributed by atoms with E-state index in [0.29, 0.717) is 0 Å². The predicted octanol–water partition coefficient (Wildman–Crippen LogP) is 2.51. The highest BCUT2D eigenvalue weighted by atomic mass is 19.4. The Bertz CT molecular complexity index is 237. The first-order valence-corrected chi connectivity index (χ1v) is 3.95. The van der Waals surface area contributed by atoms with Gasteiger partial charge in [0.1, 0.15) is 0 Å². The fraction of sp³-hybridized carbons (Fsp3) is 0.750. The molecule has 0 heterocycles. The molecular weight excluding hydrogens is 207 g/mol. The van der Waals surface area contributed by atoms with Crippen LogP contribution in [-0.2, 0) is 0 Å². The van der Waals surface area contributed by atoms with E-state index in [2.05, 4.69) is 6.58 Å². The molecule has 1 saturated carbocycles. The van der Waals surface area contributed by atoms with E-state index < -0.39 is 42.5 Å². The molecule has 0 spiro atoms.